The van der Waals surface area contributed by atoms with E-state index in [1.165, 1.54) is 0 Å². The summed E-state index contributed by atoms with van der Waals surface area (Å²) in [6, 6.07) is 14.6. The first-order chi connectivity index (χ1) is 14.3. The van der Waals surface area contributed by atoms with Gasteiger partial charge in [-0.1, -0.05) is 43.3 Å². The second-order valence-electron chi connectivity index (χ2n) is 8.27. The SMILES string of the molecule is CCC(C(=O)NCCO)c1cccc(CC(C)(C)NCC(O)c2ccc(O)cc2)c1. The van der Waals surface area contributed by atoms with Gasteiger partial charge in [0.15, 0.2) is 0 Å². The van der Waals surface area contributed by atoms with E-state index >= 15 is 0 Å². The zero-order chi connectivity index (χ0) is 22.1. The van der Waals surface area contributed by atoms with Crippen molar-refractivity contribution in [2.45, 2.75) is 51.2 Å². The van der Waals surface area contributed by atoms with Crippen molar-refractivity contribution in [2.24, 2.45) is 0 Å². The molecule has 0 aliphatic rings. The molecule has 5 N–H and O–H groups in total. The predicted molar refractivity (Wildman–Crippen MR) is 118 cm³/mol. The highest BCUT2D eigenvalue weighted by atomic mass is 16.3. The number of β-amino-alcohol motifs (C(OH)–C–C–N with tert-alkyl or cyclic N) is 1. The van der Waals surface area contributed by atoms with Crippen molar-refractivity contribution in [3.8, 4) is 5.75 Å². The van der Waals surface area contributed by atoms with Crippen molar-refractivity contribution < 1.29 is 20.1 Å². The van der Waals surface area contributed by atoms with E-state index in [1.54, 1.807) is 24.3 Å². The van der Waals surface area contributed by atoms with Crippen LogP contribution in [0.5, 0.6) is 5.75 Å². The molecule has 0 spiro atoms. The predicted octanol–water partition coefficient (Wildman–Crippen LogP) is 2.64. The number of aliphatic hydroxyl groups is 2. The maximum absolute atomic E-state index is 12.4. The Bertz CT molecular complexity index is 805. The maximum atomic E-state index is 12.4. The van der Waals surface area contributed by atoms with E-state index in [9.17, 15) is 15.0 Å². The van der Waals surface area contributed by atoms with Gasteiger partial charge in [-0.25, -0.2) is 0 Å². The fourth-order valence-corrected chi connectivity index (χ4v) is 3.55. The maximum Gasteiger partial charge on any atom is 0.227 e. The third kappa shape index (κ3) is 7.13. The molecule has 0 saturated carbocycles. The summed E-state index contributed by atoms with van der Waals surface area (Å²) in [7, 11) is 0. The summed E-state index contributed by atoms with van der Waals surface area (Å²) in [5, 5.41) is 34.9. The summed E-state index contributed by atoms with van der Waals surface area (Å²) in [5.41, 5.74) is 2.55. The number of hydrogen-bond acceptors (Lipinski definition) is 5. The molecule has 0 heterocycles. The fraction of sp³-hybridized carbons (Fsp3) is 0.458. The van der Waals surface area contributed by atoms with Crippen LogP contribution >= 0.6 is 0 Å². The summed E-state index contributed by atoms with van der Waals surface area (Å²) < 4.78 is 0. The molecule has 1 amide bonds. The third-order valence-electron chi connectivity index (χ3n) is 5.19. The molecule has 0 fully saturated rings. The van der Waals surface area contributed by atoms with Gasteiger partial charge in [0.1, 0.15) is 5.75 Å². The van der Waals surface area contributed by atoms with E-state index in [0.717, 1.165) is 23.1 Å². The van der Waals surface area contributed by atoms with Gasteiger partial charge in [-0.2, -0.15) is 0 Å². The molecule has 2 aromatic rings. The van der Waals surface area contributed by atoms with Crippen LogP contribution in [0.3, 0.4) is 0 Å². The van der Waals surface area contributed by atoms with Gasteiger partial charge in [0.05, 0.1) is 18.6 Å². The molecule has 0 bridgehead atoms. The van der Waals surface area contributed by atoms with Crippen molar-refractivity contribution in [3.05, 3.63) is 65.2 Å². The molecule has 2 aromatic carbocycles. The van der Waals surface area contributed by atoms with Gasteiger partial charge in [-0.3, -0.25) is 4.79 Å². The summed E-state index contributed by atoms with van der Waals surface area (Å²) >= 11 is 0. The van der Waals surface area contributed by atoms with Crippen molar-refractivity contribution in [1.29, 1.82) is 0 Å². The van der Waals surface area contributed by atoms with E-state index in [-0.39, 0.29) is 36.3 Å². The normalized spacial score (nSPS) is 13.6. The standard InChI is InChI=1S/C24H34N2O4/c1-4-21(23(30)25-12-13-27)19-7-5-6-17(14-19)15-24(2,3)26-16-22(29)18-8-10-20(28)11-9-18/h5-11,14,21-22,26-29H,4,12-13,15-16H2,1-3H3,(H,25,30). The molecule has 0 aromatic heterocycles. The van der Waals surface area contributed by atoms with E-state index in [1.807, 2.05) is 25.1 Å². The molecule has 2 unspecified atom stereocenters. The number of amides is 1. The molecule has 0 radical (unpaired) electrons. The zero-order valence-electron chi connectivity index (χ0n) is 18.1. The Morgan fingerprint density at radius 3 is 2.43 bits per heavy atom. The average Bonchev–Trinajstić information content (AvgIpc) is 2.71. The zero-order valence-corrected chi connectivity index (χ0v) is 18.1. The summed E-state index contributed by atoms with van der Waals surface area (Å²) in [5.74, 6) is -0.142. The average molecular weight is 415 g/mol. The Morgan fingerprint density at radius 1 is 1.10 bits per heavy atom. The molecule has 0 aliphatic carbocycles. The smallest absolute Gasteiger partial charge is 0.227 e. The highest BCUT2D eigenvalue weighted by Crippen LogP contribution is 2.23. The second kappa shape index (κ2) is 11.1. The van der Waals surface area contributed by atoms with Gasteiger partial charge in [-0.15, -0.1) is 0 Å². The molecule has 30 heavy (non-hydrogen) atoms. The minimum absolute atomic E-state index is 0.0712. The van der Waals surface area contributed by atoms with Crippen LogP contribution in [0.2, 0.25) is 0 Å². The Morgan fingerprint density at radius 2 is 1.80 bits per heavy atom. The van der Waals surface area contributed by atoms with Crippen LogP contribution in [-0.2, 0) is 11.2 Å². The Kier molecular flexibility index (Phi) is 8.84. The first-order valence-electron chi connectivity index (χ1n) is 10.4. The molecular weight excluding hydrogens is 380 g/mol. The van der Waals surface area contributed by atoms with Gasteiger partial charge in [-0.05, 0) is 55.5 Å². The number of nitrogens with one attached hydrogen (secondary N) is 2. The molecule has 2 atom stereocenters. The van der Waals surface area contributed by atoms with E-state index < -0.39 is 6.10 Å². The van der Waals surface area contributed by atoms with Crippen LogP contribution in [-0.4, -0.2) is 46.5 Å². The van der Waals surface area contributed by atoms with Crippen LogP contribution in [0.15, 0.2) is 48.5 Å². The van der Waals surface area contributed by atoms with Crippen LogP contribution in [0.25, 0.3) is 0 Å². The van der Waals surface area contributed by atoms with Gasteiger partial charge in [0.2, 0.25) is 5.91 Å². The van der Waals surface area contributed by atoms with Crippen molar-refractivity contribution in [1.82, 2.24) is 10.6 Å². The van der Waals surface area contributed by atoms with Crippen molar-refractivity contribution >= 4 is 5.91 Å². The number of aromatic hydroxyl groups is 1. The molecular formula is C24H34N2O4. The Hall–Kier alpha value is -2.41. The van der Waals surface area contributed by atoms with Gasteiger partial charge in [0.25, 0.3) is 0 Å². The monoisotopic (exact) mass is 414 g/mol. The van der Waals surface area contributed by atoms with Crippen molar-refractivity contribution in [2.75, 3.05) is 19.7 Å². The lowest BCUT2D eigenvalue weighted by Crippen LogP contribution is -2.43. The number of aliphatic hydroxyl groups excluding tert-OH is 2. The van der Waals surface area contributed by atoms with Gasteiger partial charge >= 0.3 is 0 Å². The highest BCUT2D eigenvalue weighted by Gasteiger charge is 2.22. The summed E-state index contributed by atoms with van der Waals surface area (Å²) in [6.45, 7) is 6.71. The van der Waals surface area contributed by atoms with E-state index in [0.29, 0.717) is 13.0 Å². The lowest BCUT2D eigenvalue weighted by Gasteiger charge is -2.28. The van der Waals surface area contributed by atoms with Crippen LogP contribution in [0, 0.1) is 0 Å². The molecule has 0 aliphatic heterocycles. The lowest BCUT2D eigenvalue weighted by atomic mass is 9.89. The van der Waals surface area contributed by atoms with Crippen LogP contribution in [0.4, 0.5) is 0 Å². The Labute approximate surface area is 179 Å². The van der Waals surface area contributed by atoms with E-state index in [2.05, 4.69) is 30.5 Å². The number of rotatable bonds is 11. The number of carbonyl (C=O) groups excluding carboxylic acids is 1. The second-order valence-corrected chi connectivity index (χ2v) is 8.27. The molecule has 0 saturated heterocycles. The first kappa shape index (κ1) is 23.9. The quantitative estimate of drug-likeness (QED) is 0.389. The molecule has 6 heteroatoms. The largest absolute Gasteiger partial charge is 0.508 e. The number of phenols is 1. The van der Waals surface area contributed by atoms with Gasteiger partial charge in [0, 0.05) is 18.6 Å². The summed E-state index contributed by atoms with van der Waals surface area (Å²) in [4.78, 5) is 12.4. The molecule has 6 nitrogen and oxygen atoms in total. The third-order valence-corrected chi connectivity index (χ3v) is 5.19. The number of carbonyl (C=O) groups is 1. The van der Waals surface area contributed by atoms with Crippen LogP contribution in [0.1, 0.15) is 55.9 Å². The van der Waals surface area contributed by atoms with Crippen molar-refractivity contribution in [3.63, 3.8) is 0 Å². The fourth-order valence-electron chi connectivity index (χ4n) is 3.55. The summed E-state index contributed by atoms with van der Waals surface area (Å²) in [6.07, 6.45) is 0.745. The number of phenolic OH excluding ortho intramolecular Hbond substituents is 1. The molecule has 2 rings (SSSR count). The topological polar surface area (TPSA) is 102 Å². The minimum Gasteiger partial charge on any atom is -0.508 e. The number of hydrogen-bond donors (Lipinski definition) is 5. The molecule has 164 valence electrons. The number of benzene rings is 2. The van der Waals surface area contributed by atoms with E-state index in [4.69, 9.17) is 5.11 Å². The van der Waals surface area contributed by atoms with Gasteiger partial charge < -0.3 is 26.0 Å². The Balaban J connectivity index is 2.01. The lowest BCUT2D eigenvalue weighted by molar-refractivity contribution is -0.122. The van der Waals surface area contributed by atoms with Crippen LogP contribution < -0.4 is 10.6 Å². The minimum atomic E-state index is -0.670. The first-order valence-corrected chi connectivity index (χ1v) is 10.4. The highest BCUT2D eigenvalue weighted by molar-refractivity contribution is 5.83.